The molecule has 0 fully saturated rings. The molecule has 4 aromatic carbocycles. The summed E-state index contributed by atoms with van der Waals surface area (Å²) < 4.78 is 45.9. The third-order valence-corrected chi connectivity index (χ3v) is 9.51. The minimum Gasteiger partial charge on any atom is -0.399 e. The Morgan fingerprint density at radius 2 is 0.865 bits per heavy atom. The first-order chi connectivity index (χ1) is 24.7. The molecule has 6 rings (SSSR count). The summed E-state index contributed by atoms with van der Waals surface area (Å²) in [5.74, 6) is 1.16. The van der Waals surface area contributed by atoms with Gasteiger partial charge in [0.15, 0.2) is 0 Å². The van der Waals surface area contributed by atoms with E-state index < -0.39 is 20.0 Å². The summed E-state index contributed by atoms with van der Waals surface area (Å²) in [6, 6.07) is 35.1. The topological polar surface area (TPSA) is 229 Å². The van der Waals surface area contributed by atoms with Gasteiger partial charge in [0.05, 0.1) is 9.79 Å². The van der Waals surface area contributed by atoms with Crippen LogP contribution in [0, 0.1) is 0 Å². The molecule has 14 nitrogen and oxygen atoms in total. The lowest BCUT2D eigenvalue weighted by atomic mass is 10.2. The molecule has 6 aromatic rings. The summed E-state index contributed by atoms with van der Waals surface area (Å²) in [6.07, 6.45) is 3.35. The molecule has 0 amide bonds. The van der Waals surface area contributed by atoms with E-state index in [-0.39, 0.29) is 9.79 Å². The third kappa shape index (κ3) is 9.95. The lowest BCUT2D eigenvalue weighted by Gasteiger charge is -2.20. The molecule has 0 unspecified atom stereocenters. The summed E-state index contributed by atoms with van der Waals surface area (Å²) in [4.78, 5) is 12.6. The highest BCUT2D eigenvalue weighted by Gasteiger charge is 2.11. The number of nitrogens with zero attached hydrogens (tertiary/aromatic N) is 4. The van der Waals surface area contributed by atoms with Gasteiger partial charge < -0.3 is 31.9 Å². The second kappa shape index (κ2) is 15.8. The standard InChI is InChI=1S/2C18H19N5O2S/c2*1-23(15-7-5-13(19)6-8-15)16-9-10-21-18(12-16)22-14-3-2-4-17(11-14)26(20,24)25/h2*2-12H,19H2,1H3,(H,21,22)(H2,20,24,25). The Bertz CT molecular complexity index is 2210. The van der Waals surface area contributed by atoms with Crippen molar-refractivity contribution in [3.05, 3.63) is 134 Å². The van der Waals surface area contributed by atoms with E-state index in [0.717, 1.165) is 22.7 Å². The largest absolute Gasteiger partial charge is 0.399 e. The molecule has 2 aromatic heterocycles. The van der Waals surface area contributed by atoms with E-state index >= 15 is 0 Å². The first kappa shape index (κ1) is 37.1. The van der Waals surface area contributed by atoms with Crippen LogP contribution in [0.2, 0.25) is 0 Å². The molecular formula is C36H38N10O4S2. The van der Waals surface area contributed by atoms with Gasteiger partial charge in [0.1, 0.15) is 11.6 Å². The Morgan fingerprint density at radius 1 is 0.500 bits per heavy atom. The Kier molecular flexibility index (Phi) is 11.2. The molecule has 2 heterocycles. The normalized spacial score (nSPS) is 11.2. The molecule has 0 bridgehead atoms. The van der Waals surface area contributed by atoms with E-state index in [1.54, 1.807) is 36.7 Å². The number of primary sulfonamides is 2. The zero-order valence-electron chi connectivity index (χ0n) is 28.2. The lowest BCUT2D eigenvalue weighted by Crippen LogP contribution is -2.12. The fourth-order valence-electron chi connectivity index (χ4n) is 4.88. The monoisotopic (exact) mass is 738 g/mol. The number of benzene rings is 4. The predicted molar refractivity (Wildman–Crippen MR) is 209 cm³/mol. The molecule has 0 aliphatic carbocycles. The predicted octanol–water partition coefficient (Wildman–Crippen LogP) is 5.65. The van der Waals surface area contributed by atoms with Crippen LogP contribution < -0.4 is 42.2 Å². The van der Waals surface area contributed by atoms with E-state index in [9.17, 15) is 16.8 Å². The van der Waals surface area contributed by atoms with E-state index in [1.807, 2.05) is 96.7 Å². The average Bonchev–Trinajstić information content (AvgIpc) is 3.12. The Labute approximate surface area is 302 Å². The van der Waals surface area contributed by atoms with Gasteiger partial charge in [-0.25, -0.2) is 37.1 Å². The number of aromatic nitrogens is 2. The van der Waals surface area contributed by atoms with E-state index in [0.29, 0.717) is 34.4 Å². The second-order valence-electron chi connectivity index (χ2n) is 11.5. The smallest absolute Gasteiger partial charge is 0.238 e. The number of hydrogen-bond donors (Lipinski definition) is 6. The molecule has 0 spiro atoms. The van der Waals surface area contributed by atoms with Crippen LogP contribution in [-0.4, -0.2) is 40.9 Å². The Balaban J connectivity index is 0.000000201. The first-order valence-corrected chi connectivity index (χ1v) is 18.7. The lowest BCUT2D eigenvalue weighted by molar-refractivity contribution is 0.596. The highest BCUT2D eigenvalue weighted by Crippen LogP contribution is 2.29. The van der Waals surface area contributed by atoms with Crippen LogP contribution in [-0.2, 0) is 20.0 Å². The van der Waals surface area contributed by atoms with Crippen LogP contribution in [0.15, 0.2) is 144 Å². The summed E-state index contributed by atoms with van der Waals surface area (Å²) in [7, 11) is -3.64. The minimum atomic E-state index is -3.76. The van der Waals surface area contributed by atoms with Gasteiger partial charge in [0, 0.05) is 84.1 Å². The van der Waals surface area contributed by atoms with Crippen LogP contribution in [0.25, 0.3) is 0 Å². The minimum absolute atomic E-state index is 0.0395. The number of nitrogen functional groups attached to an aromatic ring is 2. The van der Waals surface area contributed by atoms with Crippen molar-refractivity contribution in [2.24, 2.45) is 10.3 Å². The summed E-state index contributed by atoms with van der Waals surface area (Å²) in [6.45, 7) is 0. The van der Waals surface area contributed by atoms with E-state index in [4.69, 9.17) is 21.7 Å². The molecule has 52 heavy (non-hydrogen) atoms. The molecule has 0 saturated heterocycles. The van der Waals surface area contributed by atoms with Crippen LogP contribution in [0.1, 0.15) is 0 Å². The van der Waals surface area contributed by atoms with Crippen molar-refractivity contribution in [2.75, 3.05) is 46.0 Å². The second-order valence-corrected chi connectivity index (χ2v) is 14.6. The fourth-order valence-corrected chi connectivity index (χ4v) is 6.00. The average molecular weight is 739 g/mol. The maximum Gasteiger partial charge on any atom is 0.238 e. The van der Waals surface area contributed by atoms with Gasteiger partial charge in [0.25, 0.3) is 0 Å². The number of anilines is 10. The molecule has 0 saturated carbocycles. The van der Waals surface area contributed by atoms with Crippen molar-refractivity contribution in [3.63, 3.8) is 0 Å². The van der Waals surface area contributed by atoms with Gasteiger partial charge in [0.2, 0.25) is 20.0 Å². The van der Waals surface area contributed by atoms with Crippen LogP contribution in [0.4, 0.5) is 57.1 Å². The van der Waals surface area contributed by atoms with Crippen molar-refractivity contribution in [2.45, 2.75) is 9.79 Å². The number of nitrogens with one attached hydrogen (secondary N) is 2. The molecule has 16 heteroatoms. The molecule has 0 radical (unpaired) electrons. The molecular weight excluding hydrogens is 701 g/mol. The van der Waals surface area contributed by atoms with Crippen LogP contribution in [0.3, 0.4) is 0 Å². The Morgan fingerprint density at radius 3 is 1.21 bits per heavy atom. The number of nitrogens with two attached hydrogens (primary N) is 4. The third-order valence-electron chi connectivity index (χ3n) is 7.69. The number of rotatable bonds is 10. The first-order valence-electron chi connectivity index (χ1n) is 15.6. The molecule has 0 atom stereocenters. The zero-order chi connectivity index (χ0) is 37.5. The Hall–Kier alpha value is -6.20. The number of hydrogen-bond acceptors (Lipinski definition) is 12. The maximum absolute atomic E-state index is 11.5. The van der Waals surface area contributed by atoms with Crippen molar-refractivity contribution >= 4 is 77.2 Å². The van der Waals surface area contributed by atoms with Crippen molar-refractivity contribution in [1.29, 1.82) is 0 Å². The fraction of sp³-hybridized carbons (Fsp3) is 0.0556. The van der Waals surface area contributed by atoms with E-state index in [2.05, 4.69) is 20.6 Å². The number of pyridine rings is 2. The number of sulfonamides is 2. The summed E-state index contributed by atoms with van der Waals surface area (Å²) in [5.41, 5.74) is 17.8. The van der Waals surface area contributed by atoms with Gasteiger partial charge in [-0.1, -0.05) is 12.1 Å². The van der Waals surface area contributed by atoms with Gasteiger partial charge in [-0.05, 0) is 97.1 Å². The van der Waals surface area contributed by atoms with Crippen LogP contribution >= 0.6 is 0 Å². The molecule has 0 aliphatic heterocycles. The van der Waals surface area contributed by atoms with Gasteiger partial charge in [-0.2, -0.15) is 0 Å². The van der Waals surface area contributed by atoms with Crippen molar-refractivity contribution in [3.8, 4) is 0 Å². The molecule has 0 aliphatic rings. The van der Waals surface area contributed by atoms with E-state index in [1.165, 1.54) is 24.3 Å². The zero-order valence-corrected chi connectivity index (χ0v) is 29.9. The quantitative estimate of drug-likeness (QED) is 0.0938. The maximum atomic E-state index is 11.5. The van der Waals surface area contributed by atoms with Crippen molar-refractivity contribution in [1.82, 2.24) is 9.97 Å². The van der Waals surface area contributed by atoms with Crippen LogP contribution in [0.5, 0.6) is 0 Å². The summed E-state index contributed by atoms with van der Waals surface area (Å²) in [5, 5.41) is 16.5. The van der Waals surface area contributed by atoms with Gasteiger partial charge in [-0.3, -0.25) is 0 Å². The highest BCUT2D eigenvalue weighted by molar-refractivity contribution is 7.89. The molecule has 10 N–H and O–H groups in total. The highest BCUT2D eigenvalue weighted by atomic mass is 32.2. The van der Waals surface area contributed by atoms with Gasteiger partial charge >= 0.3 is 0 Å². The summed E-state index contributed by atoms with van der Waals surface area (Å²) >= 11 is 0. The van der Waals surface area contributed by atoms with Crippen molar-refractivity contribution < 1.29 is 16.8 Å². The molecule has 268 valence electrons. The SMILES string of the molecule is CN(c1ccc(N)cc1)c1ccnc(Nc2cccc(S(N)(=O)=O)c2)c1.CN(c1ccc(N)cc1)c1ccnc(Nc2cccc(S(N)(=O)=O)c2)c1. The van der Waals surface area contributed by atoms with Gasteiger partial charge in [-0.15, -0.1) is 0 Å².